The van der Waals surface area contributed by atoms with Crippen LogP contribution in [0, 0.1) is 0 Å². The van der Waals surface area contributed by atoms with Crippen LogP contribution in [0.1, 0.15) is 13.0 Å². The number of hydrogen-bond donors (Lipinski definition) is 1. The molecule has 9 nitrogen and oxygen atoms in total. The Bertz CT molecular complexity index is 660. The second-order valence-corrected chi connectivity index (χ2v) is 4.38. The zero-order chi connectivity index (χ0) is 16.3. The number of methoxy groups -OCH3 is 3. The van der Waals surface area contributed by atoms with Crippen LogP contribution in [0.25, 0.3) is 11.4 Å². The quantitative estimate of drug-likeness (QED) is 0.842. The number of carboxylic acid groups (broad SMARTS) is 1. The minimum Gasteiger partial charge on any atom is -0.493 e. The Kier molecular flexibility index (Phi) is 4.44. The third-order valence-corrected chi connectivity index (χ3v) is 3.14. The summed E-state index contributed by atoms with van der Waals surface area (Å²) in [6.07, 6.45) is 0. The van der Waals surface area contributed by atoms with E-state index in [9.17, 15) is 4.79 Å². The Morgan fingerprint density at radius 3 is 2.23 bits per heavy atom. The average Bonchev–Trinajstić information content (AvgIpc) is 3.01. The Labute approximate surface area is 126 Å². The van der Waals surface area contributed by atoms with Gasteiger partial charge in [0, 0.05) is 5.56 Å². The van der Waals surface area contributed by atoms with E-state index in [1.807, 2.05) is 0 Å². The Balaban J connectivity index is 2.59. The Morgan fingerprint density at radius 2 is 1.77 bits per heavy atom. The number of hydrogen-bond acceptors (Lipinski definition) is 7. The maximum atomic E-state index is 11.1. The highest BCUT2D eigenvalue weighted by molar-refractivity contribution is 5.73. The second kappa shape index (κ2) is 6.29. The lowest BCUT2D eigenvalue weighted by atomic mass is 10.1. The van der Waals surface area contributed by atoms with E-state index in [-0.39, 0.29) is 5.82 Å². The highest BCUT2D eigenvalue weighted by Crippen LogP contribution is 2.40. The summed E-state index contributed by atoms with van der Waals surface area (Å²) in [7, 11) is 4.48. The fourth-order valence-electron chi connectivity index (χ4n) is 1.96. The second-order valence-electron chi connectivity index (χ2n) is 4.38. The lowest BCUT2D eigenvalue weighted by Crippen LogP contribution is -2.18. The van der Waals surface area contributed by atoms with Crippen molar-refractivity contribution in [3.63, 3.8) is 0 Å². The highest BCUT2D eigenvalue weighted by atomic mass is 16.5. The van der Waals surface area contributed by atoms with Crippen molar-refractivity contribution in [3.05, 3.63) is 12.1 Å². The first-order chi connectivity index (χ1) is 10.5. The van der Waals surface area contributed by atoms with Gasteiger partial charge in [0.15, 0.2) is 23.4 Å². The minimum absolute atomic E-state index is 0.286. The molecule has 0 aliphatic carbocycles. The van der Waals surface area contributed by atoms with Gasteiger partial charge in [-0.25, -0.2) is 9.48 Å². The summed E-state index contributed by atoms with van der Waals surface area (Å²) in [4.78, 5) is 11.1. The normalized spacial score (nSPS) is 11.8. The fraction of sp³-hybridized carbons (Fsp3) is 0.385. The monoisotopic (exact) mass is 308 g/mol. The summed E-state index contributed by atoms with van der Waals surface area (Å²) < 4.78 is 17.0. The molecule has 0 amide bonds. The molecule has 1 N–H and O–H groups in total. The van der Waals surface area contributed by atoms with Gasteiger partial charge in [-0.1, -0.05) is 0 Å². The topological polar surface area (TPSA) is 109 Å². The number of carbonyl (C=O) groups is 1. The van der Waals surface area contributed by atoms with Crippen molar-refractivity contribution in [2.45, 2.75) is 13.0 Å². The van der Waals surface area contributed by atoms with Crippen molar-refractivity contribution in [3.8, 4) is 28.6 Å². The number of aliphatic carboxylic acids is 1. The molecule has 0 saturated heterocycles. The maximum Gasteiger partial charge on any atom is 0.328 e. The third kappa shape index (κ3) is 2.65. The molecule has 9 heteroatoms. The van der Waals surface area contributed by atoms with Gasteiger partial charge in [0.2, 0.25) is 5.75 Å². The van der Waals surface area contributed by atoms with Crippen LogP contribution in [0.5, 0.6) is 17.2 Å². The first-order valence-corrected chi connectivity index (χ1v) is 6.34. The molecule has 1 aromatic carbocycles. The van der Waals surface area contributed by atoms with E-state index in [0.717, 1.165) is 0 Å². The number of ether oxygens (including phenoxy) is 3. The molecule has 0 bridgehead atoms. The van der Waals surface area contributed by atoms with Crippen LogP contribution in [0.15, 0.2) is 12.1 Å². The Hall–Kier alpha value is -2.84. The molecule has 0 spiro atoms. The summed E-state index contributed by atoms with van der Waals surface area (Å²) in [6.45, 7) is 1.49. The molecule has 22 heavy (non-hydrogen) atoms. The number of benzene rings is 1. The average molecular weight is 308 g/mol. The summed E-state index contributed by atoms with van der Waals surface area (Å²) in [5.41, 5.74) is 0.549. The van der Waals surface area contributed by atoms with E-state index in [2.05, 4.69) is 15.5 Å². The lowest BCUT2D eigenvalue weighted by molar-refractivity contribution is -0.140. The van der Waals surface area contributed by atoms with E-state index < -0.39 is 12.0 Å². The molecule has 0 radical (unpaired) electrons. The zero-order valence-corrected chi connectivity index (χ0v) is 12.6. The van der Waals surface area contributed by atoms with Crippen molar-refractivity contribution in [2.24, 2.45) is 0 Å². The van der Waals surface area contributed by atoms with Gasteiger partial charge in [0.05, 0.1) is 21.3 Å². The van der Waals surface area contributed by atoms with Gasteiger partial charge in [0.25, 0.3) is 0 Å². The molecule has 1 unspecified atom stereocenters. The van der Waals surface area contributed by atoms with Crippen molar-refractivity contribution in [2.75, 3.05) is 21.3 Å². The van der Waals surface area contributed by atoms with Crippen molar-refractivity contribution >= 4 is 5.97 Å². The molecule has 118 valence electrons. The molecule has 2 aromatic rings. The number of rotatable bonds is 6. The number of carboxylic acids is 1. The van der Waals surface area contributed by atoms with E-state index >= 15 is 0 Å². The van der Waals surface area contributed by atoms with E-state index in [1.54, 1.807) is 12.1 Å². The summed E-state index contributed by atoms with van der Waals surface area (Å²) >= 11 is 0. The van der Waals surface area contributed by atoms with Crippen LogP contribution >= 0.6 is 0 Å². The van der Waals surface area contributed by atoms with Crippen LogP contribution in [-0.4, -0.2) is 52.6 Å². The molecule has 0 fully saturated rings. The van der Waals surface area contributed by atoms with Crippen LogP contribution in [-0.2, 0) is 4.79 Å². The van der Waals surface area contributed by atoms with Crippen molar-refractivity contribution < 1.29 is 24.1 Å². The van der Waals surface area contributed by atoms with Gasteiger partial charge in [0.1, 0.15) is 0 Å². The number of tetrazole rings is 1. The van der Waals surface area contributed by atoms with Gasteiger partial charge >= 0.3 is 5.97 Å². The molecule has 0 saturated carbocycles. The lowest BCUT2D eigenvalue weighted by Gasteiger charge is -2.14. The largest absolute Gasteiger partial charge is 0.493 e. The maximum absolute atomic E-state index is 11.1. The summed E-state index contributed by atoms with van der Waals surface area (Å²) in [5.74, 6) is 0.526. The van der Waals surface area contributed by atoms with Crippen LogP contribution < -0.4 is 14.2 Å². The van der Waals surface area contributed by atoms with E-state index in [0.29, 0.717) is 22.8 Å². The summed E-state index contributed by atoms with van der Waals surface area (Å²) in [6, 6.07) is 2.39. The number of aromatic nitrogens is 4. The molecular weight excluding hydrogens is 292 g/mol. The van der Waals surface area contributed by atoms with Gasteiger partial charge in [-0.2, -0.15) is 0 Å². The standard InChI is InChI=1S/C13H16N4O5/c1-7(13(18)19)17-12(14-15-16-17)8-5-9(20-2)11(22-4)10(6-8)21-3/h5-7H,1-4H3,(H,18,19). The van der Waals surface area contributed by atoms with Crippen LogP contribution in [0.3, 0.4) is 0 Å². The van der Waals surface area contributed by atoms with Crippen LogP contribution in [0.2, 0.25) is 0 Å². The first-order valence-electron chi connectivity index (χ1n) is 6.34. The molecule has 1 heterocycles. The van der Waals surface area contributed by atoms with Crippen molar-refractivity contribution in [1.29, 1.82) is 0 Å². The Morgan fingerprint density at radius 1 is 1.18 bits per heavy atom. The molecule has 1 aromatic heterocycles. The molecule has 2 rings (SSSR count). The van der Waals surface area contributed by atoms with E-state index in [4.69, 9.17) is 19.3 Å². The predicted octanol–water partition coefficient (Wildman–Crippen LogP) is 1.01. The minimum atomic E-state index is -1.04. The summed E-state index contributed by atoms with van der Waals surface area (Å²) in [5, 5.41) is 20.3. The smallest absolute Gasteiger partial charge is 0.328 e. The molecule has 0 aliphatic heterocycles. The van der Waals surface area contributed by atoms with E-state index in [1.165, 1.54) is 32.9 Å². The highest BCUT2D eigenvalue weighted by Gasteiger charge is 2.22. The van der Waals surface area contributed by atoms with Crippen LogP contribution in [0.4, 0.5) is 0 Å². The third-order valence-electron chi connectivity index (χ3n) is 3.14. The molecule has 0 aliphatic rings. The predicted molar refractivity (Wildman–Crippen MR) is 75.3 cm³/mol. The van der Waals surface area contributed by atoms with Gasteiger partial charge in [-0.3, -0.25) is 0 Å². The van der Waals surface area contributed by atoms with Crippen molar-refractivity contribution in [1.82, 2.24) is 20.2 Å². The fourth-order valence-corrected chi connectivity index (χ4v) is 1.96. The SMILES string of the molecule is COc1cc(-c2nnnn2C(C)C(=O)O)cc(OC)c1OC. The molecular formula is C13H16N4O5. The van der Waals surface area contributed by atoms with Gasteiger partial charge in [-0.05, 0) is 29.5 Å². The van der Waals surface area contributed by atoms with Gasteiger partial charge < -0.3 is 19.3 Å². The zero-order valence-electron chi connectivity index (χ0n) is 12.6. The van der Waals surface area contributed by atoms with Gasteiger partial charge in [-0.15, -0.1) is 5.10 Å². The first kappa shape index (κ1) is 15.5. The molecule has 1 atom stereocenters. The number of nitrogens with zero attached hydrogens (tertiary/aromatic N) is 4.